The molecule has 27 heavy (non-hydrogen) atoms. The van der Waals surface area contributed by atoms with Crippen LogP contribution in [0.25, 0.3) is 0 Å². The van der Waals surface area contributed by atoms with Crippen molar-refractivity contribution in [2.24, 2.45) is 17.8 Å². The molecule has 0 aromatic heterocycles. The molecule has 6 heteroatoms. The van der Waals surface area contributed by atoms with Crippen LogP contribution in [0, 0.1) is 29.6 Å². The van der Waals surface area contributed by atoms with Gasteiger partial charge in [-0.3, -0.25) is 14.4 Å². The van der Waals surface area contributed by atoms with Crippen molar-refractivity contribution in [2.45, 2.75) is 32.8 Å². The van der Waals surface area contributed by atoms with E-state index >= 15 is 0 Å². The number of Topliss-reactive ketones (excluding diaryl/α,β-unsaturated/α-hetero) is 1. The molecule has 1 saturated carbocycles. The molecule has 1 aromatic rings. The lowest BCUT2D eigenvalue weighted by atomic mass is 9.64. The lowest BCUT2D eigenvalue weighted by Crippen LogP contribution is -2.56. The van der Waals surface area contributed by atoms with Gasteiger partial charge in [0.15, 0.2) is 5.78 Å². The van der Waals surface area contributed by atoms with Crippen molar-refractivity contribution in [1.82, 2.24) is 0 Å². The summed E-state index contributed by atoms with van der Waals surface area (Å²) in [6.07, 6.45) is -0.344. The van der Waals surface area contributed by atoms with Crippen molar-refractivity contribution in [3.05, 3.63) is 35.9 Å². The minimum absolute atomic E-state index is 0.0991. The van der Waals surface area contributed by atoms with Crippen molar-refractivity contribution >= 4 is 17.7 Å². The molecule has 0 heterocycles. The van der Waals surface area contributed by atoms with Gasteiger partial charge in [0.05, 0.1) is 24.7 Å². The topological polar surface area (TPSA) is 89.9 Å². The third kappa shape index (κ3) is 4.75. The second-order valence-corrected chi connectivity index (χ2v) is 6.62. The third-order valence-electron chi connectivity index (χ3n) is 4.51. The Morgan fingerprint density at radius 2 is 1.74 bits per heavy atom. The number of ether oxygens (including phenoxy) is 2. The van der Waals surface area contributed by atoms with E-state index in [1.165, 1.54) is 6.92 Å². The number of carbonyl (C=O) groups excluding carboxylic acids is 3. The predicted octanol–water partition coefficient (Wildman–Crippen LogP) is 1.74. The lowest BCUT2D eigenvalue weighted by Gasteiger charge is -2.41. The number of ketones is 1. The highest BCUT2D eigenvalue weighted by Gasteiger charge is 2.56. The van der Waals surface area contributed by atoms with E-state index < -0.39 is 41.1 Å². The van der Waals surface area contributed by atoms with Crippen LogP contribution in [0.1, 0.15) is 32.8 Å². The molecule has 2 rings (SSSR count). The summed E-state index contributed by atoms with van der Waals surface area (Å²) < 4.78 is 10.1. The van der Waals surface area contributed by atoms with Crippen LogP contribution in [0.3, 0.4) is 0 Å². The van der Waals surface area contributed by atoms with Gasteiger partial charge in [-0.2, -0.15) is 0 Å². The summed E-state index contributed by atoms with van der Waals surface area (Å²) >= 11 is 0. The summed E-state index contributed by atoms with van der Waals surface area (Å²) in [5.41, 5.74) is -0.997. The van der Waals surface area contributed by atoms with Crippen LogP contribution in [0.15, 0.2) is 30.3 Å². The van der Waals surface area contributed by atoms with Gasteiger partial charge in [-0.15, -0.1) is 0 Å². The molecule has 0 bridgehead atoms. The molecule has 0 amide bonds. The Morgan fingerprint density at radius 3 is 2.33 bits per heavy atom. The normalized spacial score (nSPS) is 27.3. The number of benzene rings is 1. The first-order chi connectivity index (χ1) is 12.8. The molecule has 0 spiro atoms. The summed E-state index contributed by atoms with van der Waals surface area (Å²) in [5, 5.41) is 10.8. The van der Waals surface area contributed by atoms with Gasteiger partial charge >= 0.3 is 11.9 Å². The highest BCUT2D eigenvalue weighted by Crippen LogP contribution is 2.41. The molecule has 1 fully saturated rings. The highest BCUT2D eigenvalue weighted by molar-refractivity contribution is 6.02. The highest BCUT2D eigenvalue weighted by atomic mass is 16.5. The zero-order valence-corrected chi connectivity index (χ0v) is 15.7. The van der Waals surface area contributed by atoms with E-state index in [4.69, 9.17) is 9.47 Å². The summed E-state index contributed by atoms with van der Waals surface area (Å²) in [6, 6.07) is 8.99. The number of rotatable bonds is 4. The first kappa shape index (κ1) is 20.7. The molecule has 4 atom stereocenters. The Morgan fingerprint density at radius 1 is 1.15 bits per heavy atom. The molecule has 144 valence electrons. The van der Waals surface area contributed by atoms with Gasteiger partial charge in [-0.1, -0.05) is 30.0 Å². The minimum Gasteiger partial charge on any atom is -0.466 e. The van der Waals surface area contributed by atoms with Crippen molar-refractivity contribution in [3.8, 4) is 11.8 Å². The monoisotopic (exact) mass is 372 g/mol. The number of esters is 2. The number of hydrogen-bond acceptors (Lipinski definition) is 6. The van der Waals surface area contributed by atoms with Crippen LogP contribution in [-0.4, -0.2) is 41.6 Å². The van der Waals surface area contributed by atoms with Crippen LogP contribution < -0.4 is 0 Å². The van der Waals surface area contributed by atoms with Crippen LogP contribution in [-0.2, 0) is 23.9 Å². The zero-order chi connectivity index (χ0) is 20.0. The molecule has 1 aliphatic carbocycles. The Kier molecular flexibility index (Phi) is 6.75. The molecular formula is C21H24O6. The molecule has 0 aliphatic heterocycles. The summed E-state index contributed by atoms with van der Waals surface area (Å²) in [7, 11) is 0. The van der Waals surface area contributed by atoms with Gasteiger partial charge in [-0.05, 0) is 32.9 Å². The van der Waals surface area contributed by atoms with Gasteiger partial charge in [0.2, 0.25) is 0 Å². The van der Waals surface area contributed by atoms with Crippen LogP contribution in [0.2, 0.25) is 0 Å². The standard InChI is InChI=1S/C21H24O6/c1-4-26-19(23)17-15(12-11-14-9-7-6-8-10-14)18(20(24)27-5-2)21(3,25)13-16(17)22/h6-10,15,17-18,25H,4-5,13H2,1-3H3. The summed E-state index contributed by atoms with van der Waals surface area (Å²) in [6.45, 7) is 4.89. The zero-order valence-electron chi connectivity index (χ0n) is 15.7. The average molecular weight is 372 g/mol. The minimum atomic E-state index is -1.66. The van der Waals surface area contributed by atoms with E-state index in [1.54, 1.807) is 38.1 Å². The molecule has 1 N–H and O–H groups in total. The molecule has 0 radical (unpaired) electrons. The van der Waals surface area contributed by atoms with E-state index in [0.717, 1.165) is 0 Å². The molecule has 4 unspecified atom stereocenters. The van der Waals surface area contributed by atoms with Crippen molar-refractivity contribution in [1.29, 1.82) is 0 Å². The van der Waals surface area contributed by atoms with E-state index in [9.17, 15) is 19.5 Å². The predicted molar refractivity (Wildman–Crippen MR) is 97.3 cm³/mol. The van der Waals surface area contributed by atoms with Crippen molar-refractivity contribution < 1.29 is 29.0 Å². The maximum atomic E-state index is 12.6. The van der Waals surface area contributed by atoms with Crippen LogP contribution in [0.4, 0.5) is 0 Å². The number of carbonyl (C=O) groups is 3. The fourth-order valence-corrected chi connectivity index (χ4v) is 3.35. The van der Waals surface area contributed by atoms with E-state index in [0.29, 0.717) is 5.56 Å². The lowest BCUT2D eigenvalue weighted by molar-refractivity contribution is -0.174. The Bertz CT molecular complexity index is 756. The average Bonchev–Trinajstić information content (AvgIpc) is 2.59. The quantitative estimate of drug-likeness (QED) is 0.492. The third-order valence-corrected chi connectivity index (χ3v) is 4.51. The maximum absolute atomic E-state index is 12.6. The van der Waals surface area contributed by atoms with Gasteiger partial charge in [-0.25, -0.2) is 0 Å². The molecule has 6 nitrogen and oxygen atoms in total. The van der Waals surface area contributed by atoms with Gasteiger partial charge < -0.3 is 14.6 Å². The first-order valence-electron chi connectivity index (χ1n) is 8.96. The maximum Gasteiger partial charge on any atom is 0.317 e. The Hall–Kier alpha value is -2.65. The number of aliphatic hydroxyl groups is 1. The summed E-state index contributed by atoms with van der Waals surface area (Å²) in [4.78, 5) is 37.6. The molecule has 0 saturated heterocycles. The fourth-order valence-electron chi connectivity index (χ4n) is 3.35. The second-order valence-electron chi connectivity index (χ2n) is 6.62. The Labute approximate surface area is 158 Å². The smallest absolute Gasteiger partial charge is 0.317 e. The first-order valence-corrected chi connectivity index (χ1v) is 8.96. The van der Waals surface area contributed by atoms with Gasteiger partial charge in [0.25, 0.3) is 0 Å². The largest absolute Gasteiger partial charge is 0.466 e. The Balaban J connectivity index is 2.52. The van der Waals surface area contributed by atoms with E-state index in [1.807, 2.05) is 6.07 Å². The molecule has 1 aromatic carbocycles. The summed E-state index contributed by atoms with van der Waals surface area (Å²) in [5.74, 6) is 0.434. The number of hydrogen-bond donors (Lipinski definition) is 1. The van der Waals surface area contributed by atoms with Crippen LogP contribution in [0.5, 0.6) is 0 Å². The SMILES string of the molecule is CCOC(=O)C1C(=O)CC(C)(O)C(C(=O)OCC)C1C#Cc1ccccc1. The van der Waals surface area contributed by atoms with Crippen molar-refractivity contribution in [3.63, 3.8) is 0 Å². The van der Waals surface area contributed by atoms with E-state index in [-0.39, 0.29) is 19.6 Å². The fraction of sp³-hybridized carbons (Fsp3) is 0.476. The van der Waals surface area contributed by atoms with Crippen molar-refractivity contribution in [2.75, 3.05) is 13.2 Å². The van der Waals surface area contributed by atoms with E-state index in [2.05, 4.69) is 11.8 Å². The van der Waals surface area contributed by atoms with Gasteiger partial charge in [0, 0.05) is 12.0 Å². The molecular weight excluding hydrogens is 348 g/mol. The molecule has 1 aliphatic rings. The van der Waals surface area contributed by atoms with Crippen LogP contribution >= 0.6 is 0 Å². The second kappa shape index (κ2) is 8.83. The van der Waals surface area contributed by atoms with Gasteiger partial charge in [0.1, 0.15) is 11.8 Å².